The summed E-state index contributed by atoms with van der Waals surface area (Å²) in [6.45, 7) is 0.763. The molecule has 0 N–H and O–H groups in total. The van der Waals surface area contributed by atoms with Gasteiger partial charge in [0.2, 0.25) is 0 Å². The van der Waals surface area contributed by atoms with Crippen LogP contribution in [-0.4, -0.2) is 14.2 Å². The molecule has 2 aliphatic heterocycles. The van der Waals surface area contributed by atoms with Crippen molar-refractivity contribution < 1.29 is 4.74 Å². The van der Waals surface area contributed by atoms with E-state index in [1.165, 1.54) is 39.6 Å². The predicted octanol–water partition coefficient (Wildman–Crippen LogP) is 9.84. The Labute approximate surface area is 271 Å². The first-order chi connectivity index (χ1) is 22.7. The fourth-order valence-corrected chi connectivity index (χ4v) is 7.19. The minimum absolute atomic E-state index is 0.0144. The fourth-order valence-electron chi connectivity index (χ4n) is 7.19. The highest BCUT2D eigenvalue weighted by atomic mass is 16.5. The first kappa shape index (κ1) is 27.8. The molecule has 8 rings (SSSR count). The molecule has 226 valence electrons. The molecule has 5 nitrogen and oxygen atoms in total. The SMILES string of the molecule is COc1ccccc1C1N(C)c2ccccc2N1Cc1ccc(N2c3ccccc3N(c3ccccc3)C2c2ccccc2)cc1. The molecule has 2 aliphatic rings. The minimum atomic E-state index is -0.0270. The zero-order chi connectivity index (χ0) is 31.0. The topological polar surface area (TPSA) is 22.2 Å². The quantitative estimate of drug-likeness (QED) is 0.181. The van der Waals surface area contributed by atoms with Crippen LogP contribution in [0.2, 0.25) is 0 Å². The van der Waals surface area contributed by atoms with Crippen molar-refractivity contribution in [1.29, 1.82) is 0 Å². The molecule has 0 amide bonds. The van der Waals surface area contributed by atoms with E-state index in [2.05, 4.69) is 178 Å². The summed E-state index contributed by atoms with van der Waals surface area (Å²) in [5.41, 5.74) is 10.8. The number of methoxy groups -OCH3 is 1. The van der Waals surface area contributed by atoms with Gasteiger partial charge in [0.1, 0.15) is 18.1 Å². The van der Waals surface area contributed by atoms with E-state index in [1.807, 2.05) is 6.07 Å². The number of fused-ring (bicyclic) bond motifs is 2. The number of hydrogen-bond donors (Lipinski definition) is 0. The lowest BCUT2D eigenvalue weighted by molar-refractivity contribution is 0.404. The molecule has 0 saturated carbocycles. The molecule has 2 heterocycles. The van der Waals surface area contributed by atoms with Gasteiger partial charge < -0.3 is 24.3 Å². The highest BCUT2D eigenvalue weighted by Crippen LogP contribution is 2.53. The summed E-state index contributed by atoms with van der Waals surface area (Å²) < 4.78 is 5.83. The highest BCUT2D eigenvalue weighted by molar-refractivity contribution is 5.89. The molecule has 2 unspecified atom stereocenters. The minimum Gasteiger partial charge on any atom is -0.496 e. The Kier molecular flexibility index (Phi) is 7.07. The van der Waals surface area contributed by atoms with Crippen LogP contribution >= 0.6 is 0 Å². The van der Waals surface area contributed by atoms with Gasteiger partial charge in [0.05, 0.1) is 29.9 Å². The van der Waals surface area contributed by atoms with Crippen molar-refractivity contribution in [2.75, 3.05) is 33.8 Å². The lowest BCUT2D eigenvalue weighted by Gasteiger charge is -2.34. The average molecular weight is 601 g/mol. The molecule has 0 aliphatic carbocycles. The lowest BCUT2D eigenvalue weighted by atomic mass is 10.1. The third-order valence-electron chi connectivity index (χ3n) is 9.24. The molecule has 0 saturated heterocycles. The number of anilines is 6. The van der Waals surface area contributed by atoms with Crippen LogP contribution in [0.25, 0.3) is 0 Å². The van der Waals surface area contributed by atoms with Crippen LogP contribution in [0.5, 0.6) is 5.75 Å². The molecule has 46 heavy (non-hydrogen) atoms. The number of rotatable bonds is 7. The van der Waals surface area contributed by atoms with Crippen LogP contribution in [0.4, 0.5) is 34.1 Å². The van der Waals surface area contributed by atoms with Gasteiger partial charge in [-0.25, -0.2) is 0 Å². The molecule has 0 aromatic heterocycles. The summed E-state index contributed by atoms with van der Waals surface area (Å²) >= 11 is 0. The van der Waals surface area contributed by atoms with Gasteiger partial charge in [0.15, 0.2) is 0 Å². The second-order valence-electron chi connectivity index (χ2n) is 11.9. The average Bonchev–Trinajstić information content (AvgIpc) is 3.61. The second kappa shape index (κ2) is 11.7. The normalized spacial score (nSPS) is 16.8. The summed E-state index contributed by atoms with van der Waals surface area (Å²) in [6.07, 6.45) is -0.0125. The van der Waals surface area contributed by atoms with Crippen molar-refractivity contribution in [3.63, 3.8) is 0 Å². The van der Waals surface area contributed by atoms with Gasteiger partial charge in [0, 0.05) is 30.5 Å². The lowest BCUT2D eigenvalue weighted by Crippen LogP contribution is -2.33. The maximum atomic E-state index is 5.83. The third-order valence-corrected chi connectivity index (χ3v) is 9.24. The Balaban J connectivity index is 1.17. The first-order valence-corrected chi connectivity index (χ1v) is 15.8. The molecule has 0 bridgehead atoms. The van der Waals surface area contributed by atoms with E-state index < -0.39 is 0 Å². The summed E-state index contributed by atoms with van der Waals surface area (Å²) in [7, 11) is 3.92. The zero-order valence-corrected chi connectivity index (χ0v) is 26.1. The molecule has 2 atom stereocenters. The van der Waals surface area contributed by atoms with Crippen molar-refractivity contribution >= 4 is 34.1 Å². The van der Waals surface area contributed by atoms with Gasteiger partial charge >= 0.3 is 0 Å². The summed E-state index contributed by atoms with van der Waals surface area (Å²) in [4.78, 5) is 9.76. The van der Waals surface area contributed by atoms with Crippen LogP contribution in [-0.2, 0) is 6.54 Å². The molecule has 0 fully saturated rings. The summed E-state index contributed by atoms with van der Waals surface area (Å²) in [6, 6.07) is 56.4. The van der Waals surface area contributed by atoms with Gasteiger partial charge in [-0.3, -0.25) is 0 Å². The van der Waals surface area contributed by atoms with Crippen LogP contribution in [0, 0.1) is 0 Å². The Morgan fingerprint density at radius 3 is 1.67 bits per heavy atom. The van der Waals surface area contributed by atoms with E-state index in [-0.39, 0.29) is 12.3 Å². The third kappa shape index (κ3) is 4.63. The Morgan fingerprint density at radius 1 is 0.500 bits per heavy atom. The van der Waals surface area contributed by atoms with Gasteiger partial charge in [-0.15, -0.1) is 0 Å². The van der Waals surface area contributed by atoms with Crippen molar-refractivity contribution in [3.05, 3.63) is 174 Å². The second-order valence-corrected chi connectivity index (χ2v) is 11.9. The highest BCUT2D eigenvalue weighted by Gasteiger charge is 2.39. The number of nitrogens with zero attached hydrogens (tertiary/aromatic N) is 4. The van der Waals surface area contributed by atoms with Crippen molar-refractivity contribution in [3.8, 4) is 5.75 Å². The van der Waals surface area contributed by atoms with Gasteiger partial charge in [0.25, 0.3) is 0 Å². The monoisotopic (exact) mass is 600 g/mol. The van der Waals surface area contributed by atoms with Crippen molar-refractivity contribution in [1.82, 2.24) is 0 Å². The Hall–Kier alpha value is -5.68. The van der Waals surface area contributed by atoms with E-state index in [0.717, 1.165) is 23.5 Å². The number of benzene rings is 6. The summed E-state index contributed by atoms with van der Waals surface area (Å²) in [5, 5.41) is 0. The molecule has 5 heteroatoms. The molecule has 6 aromatic rings. The first-order valence-electron chi connectivity index (χ1n) is 15.8. The van der Waals surface area contributed by atoms with Crippen LogP contribution < -0.4 is 24.3 Å². The molecular formula is C41H36N4O. The van der Waals surface area contributed by atoms with Crippen molar-refractivity contribution in [2.24, 2.45) is 0 Å². The predicted molar refractivity (Wildman–Crippen MR) is 190 cm³/mol. The maximum absolute atomic E-state index is 5.83. The molecule has 6 aromatic carbocycles. The number of hydrogen-bond acceptors (Lipinski definition) is 5. The van der Waals surface area contributed by atoms with Crippen LogP contribution in [0.3, 0.4) is 0 Å². The van der Waals surface area contributed by atoms with E-state index in [0.29, 0.717) is 0 Å². The van der Waals surface area contributed by atoms with Gasteiger partial charge in [-0.1, -0.05) is 103 Å². The fraction of sp³-hybridized carbons (Fsp3) is 0.122. The maximum Gasteiger partial charge on any atom is 0.137 e. The number of ether oxygens (including phenoxy) is 1. The van der Waals surface area contributed by atoms with E-state index in [4.69, 9.17) is 4.74 Å². The van der Waals surface area contributed by atoms with Crippen LogP contribution in [0.15, 0.2) is 158 Å². The van der Waals surface area contributed by atoms with Crippen LogP contribution in [0.1, 0.15) is 29.0 Å². The van der Waals surface area contributed by atoms with Gasteiger partial charge in [-0.05, 0) is 65.7 Å². The summed E-state index contributed by atoms with van der Waals surface area (Å²) in [5.74, 6) is 0.898. The molecule has 0 spiro atoms. The zero-order valence-electron chi connectivity index (χ0n) is 26.1. The number of para-hydroxylation sites is 6. The molecular weight excluding hydrogens is 564 g/mol. The standard InChI is InChI=1S/C41H36N4O/c1-42-35-20-10-11-21-36(35)43(41(42)34-19-9-14-24-39(34)46-2)29-30-25-27-33(28-26-30)45-38-23-13-12-22-37(38)44(32-17-7-4-8-18-32)40(45)31-15-5-3-6-16-31/h3-28,40-41H,29H2,1-2H3. The largest absolute Gasteiger partial charge is 0.496 e. The Morgan fingerprint density at radius 2 is 1.02 bits per heavy atom. The smallest absolute Gasteiger partial charge is 0.137 e. The van der Waals surface area contributed by atoms with E-state index in [9.17, 15) is 0 Å². The van der Waals surface area contributed by atoms with Crippen molar-refractivity contribution in [2.45, 2.75) is 18.9 Å². The van der Waals surface area contributed by atoms with E-state index >= 15 is 0 Å². The Bertz CT molecular complexity index is 1960. The van der Waals surface area contributed by atoms with E-state index in [1.54, 1.807) is 7.11 Å². The van der Waals surface area contributed by atoms with Gasteiger partial charge in [-0.2, -0.15) is 0 Å². The molecule has 0 radical (unpaired) electrons.